The third kappa shape index (κ3) is 4.43. The number of fused-ring (bicyclic) bond motifs is 1. The minimum atomic E-state index is -4.46. The summed E-state index contributed by atoms with van der Waals surface area (Å²) in [5, 5.41) is 2.94. The van der Waals surface area contributed by atoms with Crippen molar-refractivity contribution in [1.82, 2.24) is 19.9 Å². The van der Waals surface area contributed by atoms with Crippen molar-refractivity contribution in [1.29, 1.82) is 0 Å². The van der Waals surface area contributed by atoms with Crippen molar-refractivity contribution in [3.8, 4) is 0 Å². The van der Waals surface area contributed by atoms with Gasteiger partial charge in [0.1, 0.15) is 28.7 Å². The maximum Gasteiger partial charge on any atom is 0.417 e. The van der Waals surface area contributed by atoms with Gasteiger partial charge in [0.05, 0.1) is 17.8 Å². The second-order valence-electron chi connectivity index (χ2n) is 6.97. The number of anilines is 3. The lowest BCUT2D eigenvalue weighted by molar-refractivity contribution is -0.137. The molecule has 3 aromatic heterocycles. The summed E-state index contributed by atoms with van der Waals surface area (Å²) >= 11 is 0. The predicted molar refractivity (Wildman–Crippen MR) is 107 cm³/mol. The Morgan fingerprint density at radius 3 is 2.58 bits per heavy atom. The molecule has 0 aliphatic carbocycles. The predicted octanol–water partition coefficient (Wildman–Crippen LogP) is 3.00. The van der Waals surface area contributed by atoms with Crippen molar-refractivity contribution < 1.29 is 21.6 Å². The van der Waals surface area contributed by atoms with Crippen LogP contribution in [0, 0.1) is 0 Å². The average molecular weight is 450 g/mol. The Kier molecular flexibility index (Phi) is 5.25. The van der Waals surface area contributed by atoms with Gasteiger partial charge in [-0.15, -0.1) is 0 Å². The Morgan fingerprint density at radius 2 is 1.90 bits per heavy atom. The van der Waals surface area contributed by atoms with Crippen LogP contribution in [0.1, 0.15) is 16.8 Å². The summed E-state index contributed by atoms with van der Waals surface area (Å²) in [5.74, 6) is 1.02. The van der Waals surface area contributed by atoms with E-state index in [1.807, 2.05) is 4.90 Å². The molecule has 0 fully saturated rings. The first-order valence-corrected chi connectivity index (χ1v) is 11.0. The fraction of sp³-hybridized carbons (Fsp3) is 0.263. The molecule has 0 unspecified atom stereocenters. The number of alkyl halides is 3. The summed E-state index contributed by atoms with van der Waals surface area (Å²) in [5.41, 5.74) is 0.619. The summed E-state index contributed by atoms with van der Waals surface area (Å²) in [7, 11) is -3.46. The summed E-state index contributed by atoms with van der Waals surface area (Å²) in [6.45, 7) is 0.779. The van der Waals surface area contributed by atoms with Gasteiger partial charge < -0.3 is 10.2 Å². The molecule has 0 saturated carbocycles. The van der Waals surface area contributed by atoms with Crippen molar-refractivity contribution in [3.05, 3.63) is 59.8 Å². The van der Waals surface area contributed by atoms with E-state index >= 15 is 0 Å². The Labute approximate surface area is 176 Å². The van der Waals surface area contributed by atoms with Crippen molar-refractivity contribution in [3.63, 3.8) is 0 Å². The minimum absolute atomic E-state index is 0.139. The van der Waals surface area contributed by atoms with Gasteiger partial charge in [-0.3, -0.25) is 0 Å². The van der Waals surface area contributed by atoms with Crippen LogP contribution in [0.4, 0.5) is 30.6 Å². The second-order valence-corrected chi connectivity index (χ2v) is 8.96. The van der Waals surface area contributed by atoms with Crippen LogP contribution in [-0.4, -0.2) is 41.2 Å². The number of halogens is 3. The number of rotatable bonds is 4. The van der Waals surface area contributed by atoms with Crippen LogP contribution < -0.4 is 10.2 Å². The van der Waals surface area contributed by atoms with Crippen LogP contribution >= 0.6 is 0 Å². The first-order chi connectivity index (χ1) is 14.6. The van der Waals surface area contributed by atoms with E-state index in [0.29, 0.717) is 36.8 Å². The molecule has 0 saturated heterocycles. The molecule has 4 heterocycles. The van der Waals surface area contributed by atoms with Gasteiger partial charge in [-0.05, 0) is 30.7 Å². The van der Waals surface area contributed by atoms with Crippen molar-refractivity contribution >= 4 is 27.3 Å². The Morgan fingerprint density at radius 1 is 1.10 bits per heavy atom. The number of aromatic nitrogens is 4. The lowest BCUT2D eigenvalue weighted by atomic mass is 10.1. The standard InChI is InChI=1S/C19H17F3N6O2S/c1-31(29,30)15-3-2-7-23-18(15)28-8-6-13-14(10-28)25-11-26-17(13)27-16-5-4-12(9-24-16)19(20,21)22/h2-5,7,9,11H,6,8,10H2,1H3,(H,24,25,26,27). The molecule has 8 nitrogen and oxygen atoms in total. The van der Waals surface area contributed by atoms with Gasteiger partial charge in [0, 0.05) is 30.8 Å². The maximum absolute atomic E-state index is 12.7. The molecule has 31 heavy (non-hydrogen) atoms. The highest BCUT2D eigenvalue weighted by molar-refractivity contribution is 7.90. The zero-order valence-corrected chi connectivity index (χ0v) is 17.1. The molecule has 0 radical (unpaired) electrons. The summed E-state index contributed by atoms with van der Waals surface area (Å²) < 4.78 is 62.4. The molecule has 1 aliphatic rings. The van der Waals surface area contributed by atoms with Gasteiger partial charge in [0.25, 0.3) is 0 Å². The molecule has 0 spiro atoms. The van der Waals surface area contributed by atoms with Gasteiger partial charge in [-0.2, -0.15) is 13.2 Å². The van der Waals surface area contributed by atoms with E-state index in [2.05, 4.69) is 25.3 Å². The molecule has 0 aromatic carbocycles. The monoisotopic (exact) mass is 450 g/mol. The largest absolute Gasteiger partial charge is 0.417 e. The van der Waals surface area contributed by atoms with Gasteiger partial charge in [0.2, 0.25) is 0 Å². The normalized spacial score (nSPS) is 14.3. The summed E-state index contributed by atoms with van der Waals surface area (Å²) in [6.07, 6.45) is 0.782. The number of nitrogens with zero attached hydrogens (tertiary/aromatic N) is 5. The molecule has 1 N–H and O–H groups in total. The number of hydrogen-bond acceptors (Lipinski definition) is 8. The fourth-order valence-electron chi connectivity index (χ4n) is 3.31. The topological polar surface area (TPSA) is 101 Å². The minimum Gasteiger partial charge on any atom is -0.349 e. The maximum atomic E-state index is 12.7. The Bertz CT molecular complexity index is 1220. The average Bonchev–Trinajstić information content (AvgIpc) is 2.73. The smallest absolute Gasteiger partial charge is 0.349 e. The van der Waals surface area contributed by atoms with Gasteiger partial charge >= 0.3 is 6.18 Å². The van der Waals surface area contributed by atoms with Crippen LogP contribution in [0.2, 0.25) is 0 Å². The number of hydrogen-bond donors (Lipinski definition) is 1. The molecule has 162 valence electrons. The van der Waals surface area contributed by atoms with E-state index in [-0.39, 0.29) is 10.7 Å². The number of sulfone groups is 1. The van der Waals surface area contributed by atoms with Gasteiger partial charge in [0.15, 0.2) is 9.84 Å². The van der Waals surface area contributed by atoms with E-state index in [1.54, 1.807) is 6.07 Å². The number of nitrogens with one attached hydrogen (secondary N) is 1. The zero-order valence-electron chi connectivity index (χ0n) is 16.3. The molecular formula is C19H17F3N6O2S. The highest BCUT2D eigenvalue weighted by Crippen LogP contribution is 2.31. The molecular weight excluding hydrogens is 433 g/mol. The highest BCUT2D eigenvalue weighted by Gasteiger charge is 2.31. The van der Waals surface area contributed by atoms with E-state index in [9.17, 15) is 21.6 Å². The van der Waals surface area contributed by atoms with Crippen LogP contribution in [0.3, 0.4) is 0 Å². The third-order valence-corrected chi connectivity index (χ3v) is 5.91. The van der Waals surface area contributed by atoms with Crippen LogP contribution in [0.25, 0.3) is 0 Å². The molecule has 0 amide bonds. The summed E-state index contributed by atoms with van der Waals surface area (Å²) in [4.78, 5) is 18.5. The molecule has 0 atom stereocenters. The highest BCUT2D eigenvalue weighted by atomic mass is 32.2. The second kappa shape index (κ2) is 7.76. The lowest BCUT2D eigenvalue weighted by Crippen LogP contribution is -2.33. The summed E-state index contributed by atoms with van der Waals surface area (Å²) in [6, 6.07) is 5.26. The molecule has 1 aliphatic heterocycles. The Hall–Kier alpha value is -3.28. The molecule has 4 rings (SSSR count). The quantitative estimate of drug-likeness (QED) is 0.648. The number of pyridine rings is 2. The van der Waals surface area contributed by atoms with E-state index < -0.39 is 21.6 Å². The van der Waals surface area contributed by atoms with Crippen LogP contribution in [0.5, 0.6) is 0 Å². The van der Waals surface area contributed by atoms with Crippen molar-refractivity contribution in [2.24, 2.45) is 0 Å². The van der Waals surface area contributed by atoms with Crippen molar-refractivity contribution in [2.45, 2.75) is 24.0 Å². The lowest BCUT2D eigenvalue weighted by Gasteiger charge is -2.30. The fourth-order valence-corrected chi connectivity index (χ4v) is 4.15. The van der Waals surface area contributed by atoms with Crippen LogP contribution in [0.15, 0.2) is 47.9 Å². The van der Waals surface area contributed by atoms with Crippen molar-refractivity contribution in [2.75, 3.05) is 23.0 Å². The SMILES string of the molecule is CS(=O)(=O)c1cccnc1N1CCc2c(ncnc2Nc2ccc(C(F)(F)F)cn2)C1. The zero-order chi connectivity index (χ0) is 22.2. The Balaban J connectivity index is 1.59. The van der Waals surface area contributed by atoms with E-state index in [4.69, 9.17) is 0 Å². The first-order valence-electron chi connectivity index (χ1n) is 9.16. The van der Waals surface area contributed by atoms with E-state index in [0.717, 1.165) is 24.1 Å². The van der Waals surface area contributed by atoms with Gasteiger partial charge in [-0.25, -0.2) is 28.4 Å². The van der Waals surface area contributed by atoms with Crippen LogP contribution in [-0.2, 0) is 29.0 Å². The molecule has 0 bridgehead atoms. The molecule has 12 heteroatoms. The first kappa shape index (κ1) is 21.0. The third-order valence-electron chi connectivity index (χ3n) is 4.79. The van der Waals surface area contributed by atoms with Gasteiger partial charge in [-0.1, -0.05) is 0 Å². The van der Waals surface area contributed by atoms with E-state index in [1.165, 1.54) is 24.7 Å². The molecule has 3 aromatic rings.